The molecule has 388 valence electrons. The number of hydrogen-bond acceptors (Lipinski definition) is 0. The van der Waals surface area contributed by atoms with Gasteiger partial charge in [-0.1, -0.05) is 195 Å². The minimum Gasteiger partial charge on any atom is -0.101 e. The summed E-state index contributed by atoms with van der Waals surface area (Å²) >= 11 is 0. The van der Waals surface area contributed by atoms with E-state index in [1.165, 1.54) is 230 Å². The van der Waals surface area contributed by atoms with E-state index >= 15 is 0 Å². The molecular formula is C70H60B16. The lowest BCUT2D eigenvalue weighted by atomic mass is 9.59. The number of benzene rings is 14. The molecule has 0 aliphatic carbocycles. The van der Waals surface area contributed by atoms with Crippen LogP contribution in [0.4, 0.5) is 0 Å². The highest BCUT2D eigenvalue weighted by Gasteiger charge is 2.29. The van der Waals surface area contributed by atoms with Crippen LogP contribution in [0.5, 0.6) is 0 Å². The zero-order valence-electron chi connectivity index (χ0n) is 53.2. The minimum atomic E-state index is 1.21. The molecular weight excluding hydrogens is 1010 g/mol. The summed E-state index contributed by atoms with van der Waals surface area (Å²) in [7, 11) is 37.7. The lowest BCUT2D eigenvalue weighted by Crippen LogP contribution is -2.50. The zero-order valence-corrected chi connectivity index (χ0v) is 53.2. The van der Waals surface area contributed by atoms with Crippen LogP contribution in [-0.2, 0) is 0 Å². The third kappa shape index (κ3) is 8.14. The van der Waals surface area contributed by atoms with Crippen LogP contribution in [0, 0.1) is 0 Å². The molecule has 0 N–H and O–H groups in total. The standard InChI is InChI=1S/C70H60B16/c71-55-47-43(48-52(60(76)68(84)64(80)56(48)72)45(51(47)59(75)67(83)63(55)79)40-22-8-12-29-10-1-3-19-37(29)40)35-17-5-15-32(26-35)33-25-24-31-14-7-21-39(42(31)28-33)34-16-6-18-36(27-34)44-49-53(61(77)69(85)65(81)57(49)73)46(41-23-9-13-30-11-2-4-20-38(30)41)54-50(44)58(74)66(82)70(86)62(54)78/h1-28H,71-86H2. The molecule has 14 rings (SSSR count). The molecule has 0 fully saturated rings. The summed E-state index contributed by atoms with van der Waals surface area (Å²) in [5.41, 5.74) is 37.1. The first kappa shape index (κ1) is 55.8. The van der Waals surface area contributed by atoms with Crippen molar-refractivity contribution >= 4 is 288 Å². The smallest absolute Gasteiger partial charge is 0.101 e. The van der Waals surface area contributed by atoms with Gasteiger partial charge < -0.3 is 0 Å². The van der Waals surface area contributed by atoms with Gasteiger partial charge in [-0.15, -0.1) is 43.7 Å². The fourth-order valence-corrected chi connectivity index (χ4v) is 15.7. The van der Waals surface area contributed by atoms with Crippen molar-refractivity contribution in [3.63, 3.8) is 0 Å². The third-order valence-electron chi connectivity index (χ3n) is 21.7. The van der Waals surface area contributed by atoms with E-state index in [9.17, 15) is 0 Å². The fourth-order valence-electron chi connectivity index (χ4n) is 15.7. The van der Waals surface area contributed by atoms with Crippen LogP contribution >= 0.6 is 0 Å². The normalized spacial score (nSPS) is 11.8. The van der Waals surface area contributed by atoms with Crippen molar-refractivity contribution in [1.29, 1.82) is 0 Å². The maximum absolute atomic E-state index is 2.50. The van der Waals surface area contributed by atoms with Gasteiger partial charge in [-0.25, -0.2) is 0 Å². The monoisotopic (exact) mass is 1080 g/mol. The van der Waals surface area contributed by atoms with E-state index in [0.717, 1.165) is 0 Å². The fraction of sp³-hybridized carbons (Fsp3) is 0. The lowest BCUT2D eigenvalue weighted by Gasteiger charge is -2.28. The third-order valence-corrected chi connectivity index (χ3v) is 21.7. The van der Waals surface area contributed by atoms with Gasteiger partial charge in [0.1, 0.15) is 126 Å². The second-order valence-corrected chi connectivity index (χ2v) is 25.5. The molecule has 14 aromatic rings. The van der Waals surface area contributed by atoms with Gasteiger partial charge in [-0.2, -0.15) is 0 Å². The molecule has 0 amide bonds. The summed E-state index contributed by atoms with van der Waals surface area (Å²) in [5, 5.41) is 18.5. The second kappa shape index (κ2) is 20.8. The van der Waals surface area contributed by atoms with Crippen molar-refractivity contribution in [2.45, 2.75) is 0 Å². The predicted octanol–water partition coefficient (Wildman–Crippen LogP) is -8.10. The Hall–Kier alpha value is -8.06. The maximum atomic E-state index is 2.50. The van der Waals surface area contributed by atoms with Crippen LogP contribution in [0.1, 0.15) is 0 Å². The van der Waals surface area contributed by atoms with Gasteiger partial charge in [0.2, 0.25) is 0 Å². The van der Waals surface area contributed by atoms with Crippen LogP contribution in [0.25, 0.3) is 142 Å². The topological polar surface area (TPSA) is 0 Å². The molecule has 0 heterocycles. The van der Waals surface area contributed by atoms with Crippen molar-refractivity contribution in [3.8, 4) is 66.8 Å². The van der Waals surface area contributed by atoms with Gasteiger partial charge in [-0.05, 0) is 160 Å². The van der Waals surface area contributed by atoms with Crippen molar-refractivity contribution in [3.05, 3.63) is 170 Å². The molecule has 16 heteroatoms. The summed E-state index contributed by atoms with van der Waals surface area (Å²) in [6, 6.07) is 64.7. The summed E-state index contributed by atoms with van der Waals surface area (Å²) in [6.07, 6.45) is 0. The van der Waals surface area contributed by atoms with Crippen LogP contribution in [0.2, 0.25) is 0 Å². The average Bonchev–Trinajstić information content (AvgIpc) is 0.718. The molecule has 0 aliphatic heterocycles. The minimum absolute atomic E-state index is 1.21. The Labute approximate surface area is 521 Å². The molecule has 14 aromatic carbocycles. The molecule has 86 heavy (non-hydrogen) atoms. The van der Waals surface area contributed by atoms with E-state index in [0.29, 0.717) is 0 Å². The van der Waals surface area contributed by atoms with Gasteiger partial charge in [0, 0.05) is 0 Å². The quantitative estimate of drug-likeness (QED) is 0.115. The zero-order chi connectivity index (χ0) is 60.0. The van der Waals surface area contributed by atoms with E-state index in [4.69, 9.17) is 0 Å². The molecule has 0 radical (unpaired) electrons. The van der Waals surface area contributed by atoms with Gasteiger partial charge in [-0.3, -0.25) is 0 Å². The Bertz CT molecular complexity index is 5210. The van der Waals surface area contributed by atoms with Crippen molar-refractivity contribution in [2.75, 3.05) is 0 Å². The van der Waals surface area contributed by atoms with Crippen molar-refractivity contribution in [1.82, 2.24) is 0 Å². The largest absolute Gasteiger partial charge is 0.139 e. The average molecular weight is 1070 g/mol. The first-order chi connectivity index (χ1) is 41.4. The van der Waals surface area contributed by atoms with Crippen LogP contribution in [0.15, 0.2) is 170 Å². The van der Waals surface area contributed by atoms with Crippen LogP contribution in [0.3, 0.4) is 0 Å². The first-order valence-corrected chi connectivity index (χ1v) is 31.0. The summed E-state index contributed by atoms with van der Waals surface area (Å²) in [4.78, 5) is 0. The van der Waals surface area contributed by atoms with Gasteiger partial charge in [0.05, 0.1) is 0 Å². The molecule has 0 aliphatic rings. The highest BCUT2D eigenvalue weighted by molar-refractivity contribution is 6.73. The molecule has 0 aromatic heterocycles. The maximum Gasteiger partial charge on any atom is 0.139 e. The van der Waals surface area contributed by atoms with Gasteiger partial charge >= 0.3 is 0 Å². The molecule has 0 nitrogen and oxygen atoms in total. The van der Waals surface area contributed by atoms with Gasteiger partial charge in [0.15, 0.2) is 0 Å². The SMILES string of the molecule is Bc1c(B)c(B)c2c(-c3cccc4ccccc34)c3c(B)c(B)c(B)c(B)c3c(-c3cccc(-c4ccc5cccc(-c6cccc(-c7c8c(B)c(B)c(B)c(B)c8c(-c8cccc9ccccc89)c8c(B)c(B)c(B)c(B)c78)c6)c5c4)c3)c2c1B. The molecule has 0 spiro atoms. The number of fused-ring (bicyclic) bond motifs is 7. The second-order valence-electron chi connectivity index (χ2n) is 25.5. The predicted molar refractivity (Wildman–Crippen MR) is 432 cm³/mol. The van der Waals surface area contributed by atoms with E-state index in [-0.39, 0.29) is 0 Å². The molecule has 0 atom stereocenters. The molecule has 0 bridgehead atoms. The first-order valence-electron chi connectivity index (χ1n) is 31.0. The van der Waals surface area contributed by atoms with E-state index in [2.05, 4.69) is 295 Å². The highest BCUT2D eigenvalue weighted by Crippen LogP contribution is 2.46. The Morgan fingerprint density at radius 2 is 0.430 bits per heavy atom. The Morgan fingerprint density at radius 1 is 0.163 bits per heavy atom. The van der Waals surface area contributed by atoms with Gasteiger partial charge in [0.25, 0.3) is 0 Å². The number of rotatable bonds is 6. The Balaban J connectivity index is 1.000. The van der Waals surface area contributed by atoms with Crippen molar-refractivity contribution < 1.29 is 0 Å². The molecule has 0 unspecified atom stereocenters. The Morgan fingerprint density at radius 3 is 0.814 bits per heavy atom. The van der Waals surface area contributed by atoms with E-state index < -0.39 is 0 Å². The summed E-state index contributed by atoms with van der Waals surface area (Å²) < 4.78 is 0. The Kier molecular flexibility index (Phi) is 13.5. The van der Waals surface area contributed by atoms with E-state index in [1.54, 1.807) is 0 Å². The van der Waals surface area contributed by atoms with Crippen LogP contribution < -0.4 is 87.4 Å². The van der Waals surface area contributed by atoms with Crippen molar-refractivity contribution in [2.24, 2.45) is 0 Å². The lowest BCUT2D eigenvalue weighted by molar-refractivity contribution is 1.62. The number of hydrogen-bond donors (Lipinski definition) is 0. The molecule has 0 saturated heterocycles. The summed E-state index contributed by atoms with van der Waals surface area (Å²) in [5.74, 6) is 0. The molecule has 0 saturated carbocycles. The highest BCUT2D eigenvalue weighted by atomic mass is 14.3. The summed E-state index contributed by atoms with van der Waals surface area (Å²) in [6.45, 7) is 0. The van der Waals surface area contributed by atoms with E-state index in [1.807, 2.05) is 0 Å². The van der Waals surface area contributed by atoms with Crippen LogP contribution in [-0.4, -0.2) is 126 Å².